The van der Waals surface area contributed by atoms with Gasteiger partial charge in [-0.1, -0.05) is 0 Å². The summed E-state index contributed by atoms with van der Waals surface area (Å²) >= 11 is 0. The van der Waals surface area contributed by atoms with E-state index in [4.69, 9.17) is 0 Å². The zero-order chi connectivity index (χ0) is 13.6. The van der Waals surface area contributed by atoms with Crippen LogP contribution in [0.1, 0.15) is 0 Å². The quantitative estimate of drug-likeness (QED) is 0.773. The monoisotopic (exact) mass is 279 g/mol. The fourth-order valence-corrected chi connectivity index (χ4v) is 1.89. The lowest BCUT2D eigenvalue weighted by Gasteiger charge is -2.07. The van der Waals surface area contributed by atoms with Gasteiger partial charge in [-0.05, 0) is 24.3 Å². The molecule has 0 fully saturated rings. The van der Waals surface area contributed by atoms with E-state index < -0.39 is 22.9 Å². The summed E-state index contributed by atoms with van der Waals surface area (Å²) in [5.74, 6) is 0. The molecule has 0 heterocycles. The van der Waals surface area contributed by atoms with Crippen molar-refractivity contribution in [3.05, 3.63) is 24.3 Å². The molecule has 0 aliphatic rings. The van der Waals surface area contributed by atoms with Gasteiger partial charge >= 0.3 is 0 Å². The van der Waals surface area contributed by atoms with Crippen LogP contribution in [0.4, 0.5) is 14.5 Å². The number of anilines is 1. The SMILES string of the molecule is CS(=O)(=O)c1ccc(NCCOCC(F)F)cc1. The largest absolute Gasteiger partial charge is 0.383 e. The van der Waals surface area contributed by atoms with Crippen molar-refractivity contribution in [2.45, 2.75) is 11.3 Å². The van der Waals surface area contributed by atoms with Gasteiger partial charge in [0, 0.05) is 18.5 Å². The molecule has 0 aliphatic carbocycles. The Kier molecular flexibility index (Phi) is 5.49. The van der Waals surface area contributed by atoms with Gasteiger partial charge in [-0.25, -0.2) is 17.2 Å². The van der Waals surface area contributed by atoms with Crippen molar-refractivity contribution < 1.29 is 21.9 Å². The zero-order valence-corrected chi connectivity index (χ0v) is 10.7. The highest BCUT2D eigenvalue weighted by Crippen LogP contribution is 2.13. The lowest BCUT2D eigenvalue weighted by molar-refractivity contribution is 0.0215. The Hall–Kier alpha value is -1.21. The van der Waals surface area contributed by atoms with Crippen LogP contribution in [0.3, 0.4) is 0 Å². The number of alkyl halides is 2. The van der Waals surface area contributed by atoms with Crippen LogP contribution < -0.4 is 5.32 Å². The second-order valence-electron chi connectivity index (χ2n) is 3.69. The van der Waals surface area contributed by atoms with Gasteiger partial charge in [0.05, 0.1) is 11.5 Å². The first kappa shape index (κ1) is 14.8. The van der Waals surface area contributed by atoms with E-state index in [0.29, 0.717) is 12.2 Å². The highest BCUT2D eigenvalue weighted by molar-refractivity contribution is 7.90. The van der Waals surface area contributed by atoms with Crippen molar-refractivity contribution >= 4 is 15.5 Å². The Balaban J connectivity index is 2.36. The molecule has 0 unspecified atom stereocenters. The van der Waals surface area contributed by atoms with Crippen molar-refractivity contribution in [2.75, 3.05) is 31.3 Å². The number of hydrogen-bond acceptors (Lipinski definition) is 4. The molecular weight excluding hydrogens is 264 g/mol. The molecule has 1 N–H and O–H groups in total. The number of sulfone groups is 1. The second kappa shape index (κ2) is 6.65. The summed E-state index contributed by atoms with van der Waals surface area (Å²) in [6.45, 7) is -0.0300. The number of rotatable bonds is 7. The average molecular weight is 279 g/mol. The third-order valence-electron chi connectivity index (χ3n) is 2.10. The van der Waals surface area contributed by atoms with E-state index in [1.165, 1.54) is 12.1 Å². The van der Waals surface area contributed by atoms with Gasteiger partial charge in [0.25, 0.3) is 6.43 Å². The van der Waals surface area contributed by atoms with E-state index in [0.717, 1.165) is 6.26 Å². The van der Waals surface area contributed by atoms with Crippen LogP contribution in [0.2, 0.25) is 0 Å². The predicted octanol–water partition coefficient (Wildman–Crippen LogP) is 1.78. The van der Waals surface area contributed by atoms with Gasteiger partial charge < -0.3 is 10.1 Å². The topological polar surface area (TPSA) is 55.4 Å². The van der Waals surface area contributed by atoms with Crippen molar-refractivity contribution in [3.8, 4) is 0 Å². The minimum absolute atomic E-state index is 0.165. The Morgan fingerprint density at radius 3 is 2.39 bits per heavy atom. The van der Waals surface area contributed by atoms with Gasteiger partial charge in [-0.3, -0.25) is 0 Å². The zero-order valence-electron chi connectivity index (χ0n) is 9.90. The Labute approximate surface area is 105 Å². The van der Waals surface area contributed by atoms with E-state index in [1.807, 2.05) is 0 Å². The van der Waals surface area contributed by atoms with Crippen LogP contribution >= 0.6 is 0 Å². The first-order valence-corrected chi connectivity index (χ1v) is 7.18. The molecule has 0 radical (unpaired) electrons. The molecule has 0 amide bonds. The fourth-order valence-electron chi connectivity index (χ4n) is 1.26. The van der Waals surface area contributed by atoms with Crippen LogP contribution in [0.5, 0.6) is 0 Å². The predicted molar refractivity (Wildman–Crippen MR) is 64.9 cm³/mol. The van der Waals surface area contributed by atoms with Crippen LogP contribution in [0, 0.1) is 0 Å². The molecule has 0 spiro atoms. The maximum Gasteiger partial charge on any atom is 0.261 e. The smallest absolute Gasteiger partial charge is 0.261 e. The molecule has 0 aromatic heterocycles. The molecule has 0 atom stereocenters. The van der Waals surface area contributed by atoms with Crippen molar-refractivity contribution in [1.82, 2.24) is 0 Å². The molecular formula is C11H15F2NO3S. The standard InChI is InChI=1S/C11H15F2NO3S/c1-18(15,16)10-4-2-9(3-5-10)14-6-7-17-8-11(12)13/h2-5,11,14H,6-8H2,1H3. The van der Waals surface area contributed by atoms with Crippen molar-refractivity contribution in [1.29, 1.82) is 0 Å². The summed E-state index contributed by atoms with van der Waals surface area (Å²) in [4.78, 5) is 0.238. The average Bonchev–Trinajstić information content (AvgIpc) is 2.27. The van der Waals surface area contributed by atoms with Crippen LogP contribution in [0.15, 0.2) is 29.2 Å². The first-order valence-electron chi connectivity index (χ1n) is 5.29. The van der Waals surface area contributed by atoms with Crippen molar-refractivity contribution in [3.63, 3.8) is 0 Å². The molecule has 0 saturated heterocycles. The number of nitrogens with one attached hydrogen (secondary N) is 1. The molecule has 0 saturated carbocycles. The third kappa shape index (κ3) is 5.42. The first-order chi connectivity index (χ1) is 8.39. The number of hydrogen-bond donors (Lipinski definition) is 1. The Morgan fingerprint density at radius 2 is 1.89 bits per heavy atom. The van der Waals surface area contributed by atoms with Crippen LogP contribution in [-0.2, 0) is 14.6 Å². The second-order valence-corrected chi connectivity index (χ2v) is 5.71. The summed E-state index contributed by atoms with van der Waals surface area (Å²) in [6.07, 6.45) is -1.33. The van der Waals surface area contributed by atoms with Gasteiger partial charge in [-0.2, -0.15) is 0 Å². The summed E-state index contributed by atoms with van der Waals surface area (Å²) in [5.41, 5.74) is 0.711. The molecule has 4 nitrogen and oxygen atoms in total. The minimum Gasteiger partial charge on any atom is -0.383 e. The highest BCUT2D eigenvalue weighted by Gasteiger charge is 2.05. The van der Waals surface area contributed by atoms with Crippen LogP contribution in [-0.4, -0.2) is 40.9 Å². The van der Waals surface area contributed by atoms with Crippen molar-refractivity contribution in [2.24, 2.45) is 0 Å². The molecule has 1 rings (SSSR count). The minimum atomic E-state index is -3.19. The van der Waals surface area contributed by atoms with Gasteiger partial charge in [0.15, 0.2) is 9.84 Å². The summed E-state index contributed by atoms with van der Waals surface area (Å²) < 4.78 is 50.6. The third-order valence-corrected chi connectivity index (χ3v) is 3.23. The van der Waals surface area contributed by atoms with E-state index in [9.17, 15) is 17.2 Å². The number of halogens is 2. The molecule has 0 bridgehead atoms. The lowest BCUT2D eigenvalue weighted by atomic mass is 10.3. The summed E-state index contributed by atoms with van der Waals surface area (Å²) in [5, 5.41) is 2.93. The number of benzene rings is 1. The van der Waals surface area contributed by atoms with E-state index in [1.54, 1.807) is 12.1 Å². The highest BCUT2D eigenvalue weighted by atomic mass is 32.2. The van der Waals surface area contributed by atoms with Crippen LogP contribution in [0.25, 0.3) is 0 Å². The van der Waals surface area contributed by atoms with E-state index in [-0.39, 0.29) is 11.5 Å². The van der Waals surface area contributed by atoms with Gasteiger partial charge in [0.1, 0.15) is 6.61 Å². The summed E-state index contributed by atoms with van der Waals surface area (Å²) in [6, 6.07) is 6.20. The molecule has 0 aliphatic heterocycles. The summed E-state index contributed by atoms with van der Waals surface area (Å²) in [7, 11) is -3.19. The normalized spacial score (nSPS) is 11.8. The maximum atomic E-state index is 11.7. The van der Waals surface area contributed by atoms with E-state index >= 15 is 0 Å². The Morgan fingerprint density at radius 1 is 1.28 bits per heavy atom. The van der Waals surface area contributed by atoms with E-state index in [2.05, 4.69) is 10.1 Å². The Bertz CT molecular complexity index is 460. The lowest BCUT2D eigenvalue weighted by Crippen LogP contribution is -2.13. The molecule has 7 heteroatoms. The molecule has 18 heavy (non-hydrogen) atoms. The molecule has 102 valence electrons. The molecule has 1 aromatic carbocycles. The number of ether oxygens (including phenoxy) is 1. The van der Waals surface area contributed by atoms with Gasteiger partial charge in [-0.15, -0.1) is 0 Å². The van der Waals surface area contributed by atoms with Gasteiger partial charge in [0.2, 0.25) is 0 Å². The molecule has 1 aromatic rings. The maximum absolute atomic E-state index is 11.7. The fraction of sp³-hybridized carbons (Fsp3) is 0.455.